The molecule has 0 saturated heterocycles. The number of amides is 1. The Morgan fingerprint density at radius 2 is 2.04 bits per heavy atom. The van der Waals surface area contributed by atoms with Crippen LogP contribution >= 0.6 is 0 Å². The molecule has 3 aromatic heterocycles. The number of pyridine rings is 1. The molecule has 1 atom stereocenters. The molecule has 1 amide bonds. The number of nitrogens with zero attached hydrogens (tertiary/aromatic N) is 6. The second kappa shape index (κ2) is 5.15. The average molecular weight is 336 g/mol. The van der Waals surface area contributed by atoms with Crippen LogP contribution in [0.25, 0.3) is 11.0 Å². The van der Waals surface area contributed by atoms with Gasteiger partial charge >= 0.3 is 0 Å². The van der Waals surface area contributed by atoms with Gasteiger partial charge in [0.15, 0.2) is 5.82 Å². The van der Waals surface area contributed by atoms with E-state index in [1.165, 1.54) is 12.8 Å². The molecule has 1 fully saturated rings. The number of aromatic nitrogens is 5. The lowest BCUT2D eigenvalue weighted by molar-refractivity contribution is 0.0674. The summed E-state index contributed by atoms with van der Waals surface area (Å²) in [7, 11) is 1.94. The standard InChI is InChI=1S/C18H20N6O/c1-11-9-23(10-15-20-21-17(24(11)15)12-3-4-12)18(25)14-6-5-13-7-8-22(2)16(13)19-14/h5-8,11-12H,3-4,9-10H2,1-2H3/t11-/m0/s1. The zero-order chi connectivity index (χ0) is 17.1. The Hall–Kier alpha value is -2.70. The zero-order valence-corrected chi connectivity index (χ0v) is 14.4. The van der Waals surface area contributed by atoms with Gasteiger partial charge in [-0.3, -0.25) is 4.79 Å². The van der Waals surface area contributed by atoms with Crippen molar-refractivity contribution in [2.24, 2.45) is 7.05 Å². The van der Waals surface area contributed by atoms with E-state index in [1.54, 1.807) is 0 Å². The van der Waals surface area contributed by atoms with Gasteiger partial charge in [-0.2, -0.15) is 0 Å². The molecule has 4 heterocycles. The summed E-state index contributed by atoms with van der Waals surface area (Å²) < 4.78 is 4.17. The number of aryl methyl sites for hydroxylation is 1. The number of hydrogen-bond donors (Lipinski definition) is 0. The third kappa shape index (κ3) is 2.26. The van der Waals surface area contributed by atoms with Crippen molar-refractivity contribution in [1.82, 2.24) is 29.2 Å². The molecule has 7 nitrogen and oxygen atoms in total. The highest BCUT2D eigenvalue weighted by Gasteiger charge is 2.35. The minimum atomic E-state index is -0.0443. The fourth-order valence-corrected chi connectivity index (χ4v) is 3.75. The van der Waals surface area contributed by atoms with Crippen molar-refractivity contribution in [3.63, 3.8) is 0 Å². The normalized spacial score (nSPS) is 20.1. The first kappa shape index (κ1) is 14.6. The molecule has 1 aliphatic carbocycles. The summed E-state index contributed by atoms with van der Waals surface area (Å²) in [6.07, 6.45) is 4.36. The van der Waals surface area contributed by atoms with E-state index in [2.05, 4.69) is 26.7 Å². The lowest BCUT2D eigenvalue weighted by Gasteiger charge is -2.32. The van der Waals surface area contributed by atoms with Crippen molar-refractivity contribution in [1.29, 1.82) is 0 Å². The van der Waals surface area contributed by atoms with Gasteiger partial charge in [0.1, 0.15) is 17.2 Å². The molecule has 0 N–H and O–H groups in total. The highest BCUT2D eigenvalue weighted by molar-refractivity contribution is 5.94. The van der Waals surface area contributed by atoms with Crippen molar-refractivity contribution >= 4 is 16.9 Å². The molecule has 0 spiro atoms. The number of carbonyl (C=O) groups is 1. The van der Waals surface area contributed by atoms with E-state index in [0.29, 0.717) is 24.7 Å². The van der Waals surface area contributed by atoms with Crippen molar-refractivity contribution in [3.05, 3.63) is 41.7 Å². The summed E-state index contributed by atoms with van der Waals surface area (Å²) in [6, 6.07) is 5.96. The van der Waals surface area contributed by atoms with Gasteiger partial charge in [0, 0.05) is 31.1 Å². The van der Waals surface area contributed by atoms with Crippen LogP contribution in [0.1, 0.15) is 53.9 Å². The Labute approximate surface area is 145 Å². The minimum Gasteiger partial charge on any atom is -0.336 e. The molecule has 2 aliphatic rings. The molecule has 0 unspecified atom stereocenters. The van der Waals surface area contributed by atoms with E-state index in [-0.39, 0.29) is 11.9 Å². The quantitative estimate of drug-likeness (QED) is 0.720. The molecule has 5 rings (SSSR count). The van der Waals surface area contributed by atoms with Gasteiger partial charge in [0.25, 0.3) is 5.91 Å². The Bertz CT molecular complexity index is 983. The van der Waals surface area contributed by atoms with Crippen molar-refractivity contribution in [2.75, 3.05) is 6.54 Å². The molecule has 0 radical (unpaired) electrons. The number of rotatable bonds is 2. The third-order valence-electron chi connectivity index (χ3n) is 5.22. The van der Waals surface area contributed by atoms with Crippen molar-refractivity contribution in [2.45, 2.75) is 38.3 Å². The lowest BCUT2D eigenvalue weighted by Crippen LogP contribution is -2.41. The summed E-state index contributed by atoms with van der Waals surface area (Å²) in [5, 5.41) is 9.76. The van der Waals surface area contributed by atoms with Crippen molar-refractivity contribution in [3.8, 4) is 0 Å². The van der Waals surface area contributed by atoms with Crippen LogP contribution < -0.4 is 0 Å². The molecule has 25 heavy (non-hydrogen) atoms. The first-order chi connectivity index (χ1) is 12.1. The Kier molecular flexibility index (Phi) is 3.01. The summed E-state index contributed by atoms with van der Waals surface area (Å²) in [4.78, 5) is 19.4. The molecule has 0 bridgehead atoms. The zero-order valence-electron chi connectivity index (χ0n) is 14.4. The fraction of sp³-hybridized carbons (Fsp3) is 0.444. The predicted molar refractivity (Wildman–Crippen MR) is 92.2 cm³/mol. The molecule has 1 saturated carbocycles. The van der Waals surface area contributed by atoms with Gasteiger partial charge in [-0.15, -0.1) is 10.2 Å². The van der Waals surface area contributed by atoms with E-state index in [4.69, 9.17) is 0 Å². The van der Waals surface area contributed by atoms with Crippen LogP contribution in [0.4, 0.5) is 0 Å². The Balaban J connectivity index is 1.46. The minimum absolute atomic E-state index is 0.0443. The first-order valence-electron chi connectivity index (χ1n) is 8.77. The highest BCUT2D eigenvalue weighted by Crippen LogP contribution is 2.41. The molecule has 128 valence electrons. The second-order valence-corrected chi connectivity index (χ2v) is 7.19. The first-order valence-corrected chi connectivity index (χ1v) is 8.77. The SMILES string of the molecule is C[C@H]1CN(C(=O)c2ccc3ccn(C)c3n2)Cc2nnc(C3CC3)n21. The molecule has 1 aliphatic heterocycles. The number of fused-ring (bicyclic) bond motifs is 2. The second-order valence-electron chi connectivity index (χ2n) is 7.19. The maximum atomic E-state index is 13.0. The smallest absolute Gasteiger partial charge is 0.273 e. The topological polar surface area (TPSA) is 68.8 Å². The predicted octanol–water partition coefficient (Wildman–Crippen LogP) is 2.26. The van der Waals surface area contributed by atoms with Crippen LogP contribution in [0.5, 0.6) is 0 Å². The van der Waals surface area contributed by atoms with Crippen LogP contribution in [0.15, 0.2) is 24.4 Å². The van der Waals surface area contributed by atoms with Crippen LogP contribution in [0.2, 0.25) is 0 Å². The van der Waals surface area contributed by atoms with Gasteiger partial charge < -0.3 is 14.0 Å². The highest BCUT2D eigenvalue weighted by atomic mass is 16.2. The van der Waals surface area contributed by atoms with E-state index in [0.717, 1.165) is 22.7 Å². The third-order valence-corrected chi connectivity index (χ3v) is 5.22. The van der Waals surface area contributed by atoms with E-state index in [1.807, 2.05) is 40.9 Å². The van der Waals surface area contributed by atoms with Gasteiger partial charge in [0.2, 0.25) is 0 Å². The Morgan fingerprint density at radius 1 is 1.20 bits per heavy atom. The number of carbonyl (C=O) groups excluding carboxylic acids is 1. The molecule has 3 aromatic rings. The van der Waals surface area contributed by atoms with Crippen LogP contribution in [-0.2, 0) is 13.6 Å². The summed E-state index contributed by atoms with van der Waals surface area (Å²) in [5.74, 6) is 2.50. The van der Waals surface area contributed by atoms with Crippen LogP contribution in [0, 0.1) is 0 Å². The molecular weight excluding hydrogens is 316 g/mol. The Morgan fingerprint density at radius 3 is 2.84 bits per heavy atom. The number of hydrogen-bond acceptors (Lipinski definition) is 4. The summed E-state index contributed by atoms with van der Waals surface area (Å²) in [5.41, 5.74) is 1.31. The largest absolute Gasteiger partial charge is 0.336 e. The fourth-order valence-electron chi connectivity index (χ4n) is 3.75. The molecule has 7 heteroatoms. The molecular formula is C18H20N6O. The van der Waals surface area contributed by atoms with Crippen molar-refractivity contribution < 1.29 is 4.79 Å². The van der Waals surface area contributed by atoms with Crippen LogP contribution in [0.3, 0.4) is 0 Å². The van der Waals surface area contributed by atoms with E-state index in [9.17, 15) is 4.79 Å². The summed E-state index contributed by atoms with van der Waals surface area (Å²) >= 11 is 0. The van der Waals surface area contributed by atoms with E-state index < -0.39 is 0 Å². The van der Waals surface area contributed by atoms with Gasteiger partial charge in [0.05, 0.1) is 12.6 Å². The lowest BCUT2D eigenvalue weighted by atomic mass is 10.2. The van der Waals surface area contributed by atoms with Gasteiger partial charge in [-0.25, -0.2) is 4.98 Å². The average Bonchev–Trinajstić information content (AvgIpc) is 3.27. The maximum absolute atomic E-state index is 13.0. The van der Waals surface area contributed by atoms with Crippen LogP contribution in [-0.4, -0.2) is 41.7 Å². The van der Waals surface area contributed by atoms with Gasteiger partial charge in [-0.05, 0) is 38.0 Å². The van der Waals surface area contributed by atoms with E-state index >= 15 is 0 Å². The monoisotopic (exact) mass is 336 g/mol. The summed E-state index contributed by atoms with van der Waals surface area (Å²) in [6.45, 7) is 3.29. The molecule has 0 aromatic carbocycles. The maximum Gasteiger partial charge on any atom is 0.273 e. The van der Waals surface area contributed by atoms with Gasteiger partial charge in [-0.1, -0.05) is 0 Å².